The first-order valence-corrected chi connectivity index (χ1v) is 11.2. The van der Waals surface area contributed by atoms with Gasteiger partial charge in [0.25, 0.3) is 0 Å². The van der Waals surface area contributed by atoms with Crippen LogP contribution in [0.3, 0.4) is 0 Å². The van der Waals surface area contributed by atoms with Gasteiger partial charge in [-0.3, -0.25) is 14.4 Å². The molecule has 0 radical (unpaired) electrons. The number of imidazole rings is 1. The van der Waals surface area contributed by atoms with Crippen LogP contribution in [0.15, 0.2) is 12.5 Å². The van der Waals surface area contributed by atoms with Gasteiger partial charge < -0.3 is 31.8 Å². The number of H-pyrrole nitrogens is 1. The van der Waals surface area contributed by atoms with E-state index in [1.54, 1.807) is 27.7 Å². The van der Waals surface area contributed by atoms with Crippen molar-refractivity contribution in [2.45, 2.75) is 78.6 Å². The number of aliphatic carboxylic acids is 1. The summed E-state index contributed by atoms with van der Waals surface area (Å²) in [7, 11) is 0. The van der Waals surface area contributed by atoms with Gasteiger partial charge in [0.05, 0.1) is 12.4 Å². The molecule has 1 rings (SSSR count). The van der Waals surface area contributed by atoms with Crippen LogP contribution in [0, 0.1) is 17.8 Å². The van der Waals surface area contributed by atoms with Crippen LogP contribution in [0.5, 0.6) is 0 Å². The Morgan fingerprint density at radius 2 is 1.55 bits per heavy atom. The number of rotatable bonds is 13. The summed E-state index contributed by atoms with van der Waals surface area (Å²) >= 11 is 0. The number of aromatic nitrogens is 2. The summed E-state index contributed by atoms with van der Waals surface area (Å²) in [5.41, 5.74) is 6.44. The van der Waals surface area contributed by atoms with Crippen LogP contribution in [0.4, 0.5) is 0 Å². The van der Waals surface area contributed by atoms with E-state index in [9.17, 15) is 24.3 Å². The number of carboxylic acid groups (broad SMARTS) is 1. The molecule has 3 amide bonds. The molecule has 0 bridgehead atoms. The lowest BCUT2D eigenvalue weighted by molar-refractivity contribution is -0.142. The van der Waals surface area contributed by atoms with Crippen molar-refractivity contribution in [3.63, 3.8) is 0 Å². The second-order valence-corrected chi connectivity index (χ2v) is 9.37. The van der Waals surface area contributed by atoms with E-state index < -0.39 is 47.9 Å². The number of carboxylic acids is 1. The molecule has 1 aromatic rings. The minimum atomic E-state index is -1.21. The standard InChI is InChI=1S/C22H38N6O5/c1-11(2)7-15(19(29)27-16(22(32)33)8-14-9-24-10-25-14)26-21(31)18(13(5)6)28-20(30)17(23)12(3)4/h9-13,15-18H,7-8,23H2,1-6H3,(H,24,25)(H,26,31)(H,27,29)(H,28,30)(H,32,33). The van der Waals surface area contributed by atoms with Crippen molar-refractivity contribution < 1.29 is 24.3 Å². The molecule has 11 heteroatoms. The molecule has 0 spiro atoms. The Morgan fingerprint density at radius 3 is 2.00 bits per heavy atom. The molecule has 0 saturated heterocycles. The number of amides is 3. The van der Waals surface area contributed by atoms with E-state index in [1.807, 2.05) is 13.8 Å². The van der Waals surface area contributed by atoms with Gasteiger partial charge >= 0.3 is 5.97 Å². The smallest absolute Gasteiger partial charge is 0.326 e. The van der Waals surface area contributed by atoms with Gasteiger partial charge in [0.15, 0.2) is 0 Å². The van der Waals surface area contributed by atoms with Crippen LogP contribution in [0.1, 0.15) is 53.7 Å². The number of aromatic amines is 1. The van der Waals surface area contributed by atoms with Gasteiger partial charge in [-0.1, -0.05) is 41.5 Å². The second kappa shape index (κ2) is 12.9. The summed E-state index contributed by atoms with van der Waals surface area (Å²) in [6, 6.07) is -3.84. The third-order valence-electron chi connectivity index (χ3n) is 5.20. The van der Waals surface area contributed by atoms with Crippen molar-refractivity contribution in [3.8, 4) is 0 Å². The van der Waals surface area contributed by atoms with Crippen LogP contribution in [-0.2, 0) is 25.6 Å². The molecule has 7 N–H and O–H groups in total. The Balaban J connectivity index is 2.96. The first kappa shape index (κ1) is 28.1. The second-order valence-electron chi connectivity index (χ2n) is 9.37. The highest BCUT2D eigenvalue weighted by atomic mass is 16.4. The van der Waals surface area contributed by atoms with Crippen molar-refractivity contribution in [2.24, 2.45) is 23.5 Å². The predicted octanol–water partition coefficient (Wildman–Crippen LogP) is 0.177. The van der Waals surface area contributed by atoms with Crippen LogP contribution >= 0.6 is 0 Å². The molecule has 4 atom stereocenters. The number of hydrogen-bond acceptors (Lipinski definition) is 6. The van der Waals surface area contributed by atoms with Crippen LogP contribution in [0.2, 0.25) is 0 Å². The van der Waals surface area contributed by atoms with Crippen molar-refractivity contribution in [3.05, 3.63) is 18.2 Å². The predicted molar refractivity (Wildman–Crippen MR) is 123 cm³/mol. The molecule has 0 fully saturated rings. The fourth-order valence-corrected chi connectivity index (χ4v) is 3.14. The number of nitrogens with two attached hydrogens (primary N) is 1. The molecule has 0 aromatic carbocycles. The highest BCUT2D eigenvalue weighted by Gasteiger charge is 2.32. The average molecular weight is 467 g/mol. The van der Waals surface area contributed by atoms with Crippen molar-refractivity contribution >= 4 is 23.7 Å². The minimum Gasteiger partial charge on any atom is -0.480 e. The average Bonchev–Trinajstić information content (AvgIpc) is 3.22. The minimum absolute atomic E-state index is 0.0151. The Bertz CT molecular complexity index is 793. The summed E-state index contributed by atoms with van der Waals surface area (Å²) in [5, 5.41) is 17.4. The summed E-state index contributed by atoms with van der Waals surface area (Å²) < 4.78 is 0. The van der Waals surface area contributed by atoms with Gasteiger partial charge in [0, 0.05) is 18.3 Å². The monoisotopic (exact) mass is 466 g/mol. The number of nitrogens with one attached hydrogen (secondary N) is 4. The van der Waals surface area contributed by atoms with Gasteiger partial charge in [-0.2, -0.15) is 0 Å². The SMILES string of the molecule is CC(C)CC(NC(=O)C(NC(=O)C(N)C(C)C)C(C)C)C(=O)NC(Cc1cnc[nH]1)C(=O)O. The quantitative estimate of drug-likeness (QED) is 0.240. The van der Waals surface area contributed by atoms with E-state index in [-0.39, 0.29) is 30.6 Å². The molecule has 4 unspecified atom stereocenters. The van der Waals surface area contributed by atoms with Gasteiger partial charge in [-0.15, -0.1) is 0 Å². The molecule has 1 heterocycles. The summed E-state index contributed by atoms with van der Waals surface area (Å²) in [6.45, 7) is 10.9. The highest BCUT2D eigenvalue weighted by Crippen LogP contribution is 2.10. The lowest BCUT2D eigenvalue weighted by Crippen LogP contribution is -2.59. The summed E-state index contributed by atoms with van der Waals surface area (Å²) in [6.07, 6.45) is 3.20. The number of carbonyl (C=O) groups excluding carboxylic acids is 3. The maximum Gasteiger partial charge on any atom is 0.326 e. The molecule has 1 aromatic heterocycles. The Morgan fingerprint density at radius 1 is 0.939 bits per heavy atom. The molecule has 0 aliphatic rings. The van der Waals surface area contributed by atoms with E-state index in [0.29, 0.717) is 5.69 Å². The Kier molecular flexibility index (Phi) is 11.0. The number of carbonyl (C=O) groups is 4. The third-order valence-corrected chi connectivity index (χ3v) is 5.20. The van der Waals surface area contributed by atoms with E-state index >= 15 is 0 Å². The van der Waals surface area contributed by atoms with Gasteiger partial charge in [-0.25, -0.2) is 9.78 Å². The van der Waals surface area contributed by atoms with E-state index in [1.165, 1.54) is 12.5 Å². The first-order chi connectivity index (χ1) is 15.3. The zero-order valence-corrected chi connectivity index (χ0v) is 20.2. The number of nitrogens with zero attached hydrogens (tertiary/aromatic N) is 1. The molecule has 186 valence electrons. The molecule has 33 heavy (non-hydrogen) atoms. The maximum absolute atomic E-state index is 13.0. The highest BCUT2D eigenvalue weighted by molar-refractivity contribution is 5.94. The lowest BCUT2D eigenvalue weighted by Gasteiger charge is -2.28. The fraction of sp³-hybridized carbons (Fsp3) is 0.682. The zero-order chi connectivity index (χ0) is 25.3. The third kappa shape index (κ3) is 9.21. The van der Waals surface area contributed by atoms with E-state index in [4.69, 9.17) is 5.73 Å². The Labute approximate surface area is 194 Å². The van der Waals surface area contributed by atoms with Crippen LogP contribution in [-0.4, -0.2) is 62.9 Å². The molecular weight excluding hydrogens is 428 g/mol. The largest absolute Gasteiger partial charge is 0.480 e. The summed E-state index contributed by atoms with van der Waals surface area (Å²) in [5.74, 6) is -3.13. The maximum atomic E-state index is 13.0. The van der Waals surface area contributed by atoms with Gasteiger partial charge in [0.2, 0.25) is 17.7 Å². The van der Waals surface area contributed by atoms with Gasteiger partial charge in [-0.05, 0) is 24.2 Å². The molecule has 11 nitrogen and oxygen atoms in total. The van der Waals surface area contributed by atoms with Crippen molar-refractivity contribution in [1.29, 1.82) is 0 Å². The normalized spacial score (nSPS) is 15.1. The van der Waals surface area contributed by atoms with Crippen molar-refractivity contribution in [2.75, 3.05) is 0 Å². The zero-order valence-electron chi connectivity index (χ0n) is 20.2. The Hall–Kier alpha value is -2.95. The fourth-order valence-electron chi connectivity index (χ4n) is 3.14. The van der Waals surface area contributed by atoms with Crippen LogP contribution < -0.4 is 21.7 Å². The topological polar surface area (TPSA) is 179 Å². The lowest BCUT2D eigenvalue weighted by atomic mass is 9.98. The van der Waals surface area contributed by atoms with Gasteiger partial charge in [0.1, 0.15) is 18.1 Å². The first-order valence-electron chi connectivity index (χ1n) is 11.2. The molecular formula is C22H38N6O5. The van der Waals surface area contributed by atoms with Crippen LogP contribution in [0.25, 0.3) is 0 Å². The number of hydrogen-bond donors (Lipinski definition) is 6. The molecule has 0 aliphatic heterocycles. The van der Waals surface area contributed by atoms with E-state index in [0.717, 1.165) is 0 Å². The molecule has 0 aliphatic carbocycles. The molecule has 0 saturated carbocycles. The summed E-state index contributed by atoms with van der Waals surface area (Å²) in [4.78, 5) is 56.7. The van der Waals surface area contributed by atoms with Crippen molar-refractivity contribution in [1.82, 2.24) is 25.9 Å². The van der Waals surface area contributed by atoms with E-state index in [2.05, 4.69) is 25.9 Å².